The van der Waals surface area contributed by atoms with Crippen LogP contribution in [0.5, 0.6) is 11.5 Å². The van der Waals surface area contributed by atoms with Gasteiger partial charge in [0.25, 0.3) is 0 Å². The molecule has 0 aromatic heterocycles. The van der Waals surface area contributed by atoms with Crippen LogP contribution in [0.4, 0.5) is 0 Å². The molecule has 0 unspecified atom stereocenters. The number of benzene rings is 1. The van der Waals surface area contributed by atoms with Crippen molar-refractivity contribution in [3.05, 3.63) is 34.9 Å². The number of hydrogen-bond donors (Lipinski definition) is 2. The van der Waals surface area contributed by atoms with E-state index in [0.29, 0.717) is 23.3 Å². The van der Waals surface area contributed by atoms with Crippen LogP contribution in [0.15, 0.2) is 23.8 Å². The molecule has 0 saturated heterocycles. The van der Waals surface area contributed by atoms with Crippen LogP contribution < -0.4 is 0 Å². The molecule has 2 nitrogen and oxygen atoms in total. The second-order valence-corrected chi connectivity index (χ2v) is 10.9. The van der Waals surface area contributed by atoms with E-state index in [-0.39, 0.29) is 16.7 Å². The molecule has 3 atom stereocenters. The Labute approximate surface area is 177 Å². The normalized spacial score (nSPS) is 29.4. The molecule has 2 saturated carbocycles. The monoisotopic (exact) mass is 396 g/mol. The maximum absolute atomic E-state index is 11.1. The number of rotatable bonds is 7. The van der Waals surface area contributed by atoms with Gasteiger partial charge in [0.05, 0.1) is 0 Å². The van der Waals surface area contributed by atoms with Crippen molar-refractivity contribution < 1.29 is 10.2 Å². The summed E-state index contributed by atoms with van der Waals surface area (Å²) in [6.07, 6.45) is 14.7. The van der Waals surface area contributed by atoms with Crippen molar-refractivity contribution in [1.29, 1.82) is 0 Å². The van der Waals surface area contributed by atoms with Crippen molar-refractivity contribution in [2.75, 3.05) is 0 Å². The van der Waals surface area contributed by atoms with Gasteiger partial charge in [-0.3, -0.25) is 0 Å². The molecule has 2 bridgehead atoms. The van der Waals surface area contributed by atoms with Gasteiger partial charge in [-0.2, -0.15) is 0 Å². The summed E-state index contributed by atoms with van der Waals surface area (Å²) >= 11 is 0. The van der Waals surface area contributed by atoms with Crippen LogP contribution in [-0.2, 0) is 5.41 Å². The van der Waals surface area contributed by atoms with Gasteiger partial charge in [0.1, 0.15) is 11.5 Å². The number of unbranched alkanes of at least 4 members (excludes halogenated alkanes) is 3. The molecule has 4 aliphatic carbocycles. The van der Waals surface area contributed by atoms with Crippen molar-refractivity contribution in [3.63, 3.8) is 0 Å². The molecule has 160 valence electrons. The minimum atomic E-state index is 0.133. The molecule has 0 radical (unpaired) electrons. The first-order chi connectivity index (χ1) is 13.8. The predicted octanol–water partition coefficient (Wildman–Crippen LogP) is 7.59. The van der Waals surface area contributed by atoms with E-state index in [9.17, 15) is 10.2 Å². The summed E-state index contributed by atoms with van der Waals surface area (Å²) in [7, 11) is 0. The molecule has 2 fully saturated rings. The van der Waals surface area contributed by atoms with E-state index in [1.54, 1.807) is 0 Å². The Hall–Kier alpha value is -1.44. The summed E-state index contributed by atoms with van der Waals surface area (Å²) in [6, 6.07) is 4.03. The van der Waals surface area contributed by atoms with Gasteiger partial charge in [-0.05, 0) is 73.0 Å². The fourth-order valence-corrected chi connectivity index (χ4v) is 7.04. The third-order valence-corrected chi connectivity index (χ3v) is 8.92. The molecule has 2 N–H and O–H groups in total. The van der Waals surface area contributed by atoms with E-state index in [0.717, 1.165) is 5.56 Å². The van der Waals surface area contributed by atoms with Crippen LogP contribution in [0.3, 0.4) is 0 Å². The van der Waals surface area contributed by atoms with Crippen molar-refractivity contribution in [3.8, 4) is 11.5 Å². The van der Waals surface area contributed by atoms with Gasteiger partial charge in [0.15, 0.2) is 0 Å². The Morgan fingerprint density at radius 2 is 1.66 bits per heavy atom. The lowest BCUT2D eigenvalue weighted by Crippen LogP contribution is -2.50. The zero-order valence-electron chi connectivity index (χ0n) is 18.9. The molecule has 29 heavy (non-hydrogen) atoms. The smallest absolute Gasteiger partial charge is 0.123 e. The van der Waals surface area contributed by atoms with Crippen molar-refractivity contribution in [1.82, 2.24) is 0 Å². The lowest BCUT2D eigenvalue weighted by atomic mass is 9.45. The zero-order valence-corrected chi connectivity index (χ0v) is 18.9. The average molecular weight is 397 g/mol. The van der Waals surface area contributed by atoms with Crippen LogP contribution >= 0.6 is 0 Å². The SMILES string of the molecule is CCCCCCC1(c2cc(O)c([C@H]3C=C(C)[C@H]4C[C@@H]3C4(C)C)c(O)c2)CCCC1. The highest BCUT2D eigenvalue weighted by atomic mass is 16.3. The number of phenols is 2. The Balaban J connectivity index is 1.64. The topological polar surface area (TPSA) is 40.5 Å². The van der Waals surface area contributed by atoms with E-state index >= 15 is 0 Å². The van der Waals surface area contributed by atoms with Gasteiger partial charge < -0.3 is 10.2 Å². The fourth-order valence-electron chi connectivity index (χ4n) is 7.04. The molecule has 1 aromatic carbocycles. The summed E-state index contributed by atoms with van der Waals surface area (Å²) < 4.78 is 0. The van der Waals surface area contributed by atoms with Gasteiger partial charge in [0.2, 0.25) is 0 Å². The van der Waals surface area contributed by atoms with Gasteiger partial charge in [0, 0.05) is 11.5 Å². The third kappa shape index (κ3) is 3.41. The maximum Gasteiger partial charge on any atom is 0.123 e. The van der Waals surface area contributed by atoms with Crippen LogP contribution in [0.1, 0.15) is 109 Å². The Morgan fingerprint density at radius 3 is 2.21 bits per heavy atom. The molecule has 4 aliphatic rings. The van der Waals surface area contributed by atoms with Gasteiger partial charge in [-0.1, -0.05) is 70.9 Å². The highest BCUT2D eigenvalue weighted by molar-refractivity contribution is 5.54. The lowest BCUT2D eigenvalue weighted by molar-refractivity contribution is -0.0198. The standard InChI is InChI=1S/C27H40O2/c1-5-6-7-8-11-27(12-9-10-13-27)19-15-23(28)25(24(29)16-19)20-14-18(2)21-17-22(20)26(21,3)4/h14-16,20-22,28-29H,5-13,17H2,1-4H3/t20-,21+,22-/m0/s1. The molecule has 5 rings (SSSR count). The fraction of sp³-hybridized carbons (Fsp3) is 0.704. The van der Waals surface area contributed by atoms with Crippen molar-refractivity contribution >= 4 is 0 Å². The van der Waals surface area contributed by atoms with Crippen molar-refractivity contribution in [2.45, 2.75) is 103 Å². The van der Waals surface area contributed by atoms with Crippen LogP contribution in [0, 0.1) is 17.3 Å². The van der Waals surface area contributed by atoms with E-state index in [4.69, 9.17) is 0 Å². The summed E-state index contributed by atoms with van der Waals surface area (Å²) in [5.74, 6) is 1.93. The number of phenolic OH excluding ortho intramolecular Hbond substituents is 2. The van der Waals surface area contributed by atoms with E-state index < -0.39 is 0 Å². The first kappa shape index (κ1) is 20.8. The average Bonchev–Trinajstić information content (AvgIpc) is 3.14. The molecular formula is C27H40O2. The Morgan fingerprint density at radius 1 is 1.00 bits per heavy atom. The quantitative estimate of drug-likeness (QED) is 0.368. The first-order valence-corrected chi connectivity index (χ1v) is 12.0. The molecule has 1 aromatic rings. The molecular weight excluding hydrogens is 356 g/mol. The van der Waals surface area contributed by atoms with Crippen molar-refractivity contribution in [2.24, 2.45) is 17.3 Å². The summed E-state index contributed by atoms with van der Waals surface area (Å²) in [5.41, 5.74) is 3.78. The predicted molar refractivity (Wildman–Crippen MR) is 121 cm³/mol. The van der Waals surface area contributed by atoms with Crippen LogP contribution in [0.25, 0.3) is 0 Å². The maximum atomic E-state index is 11.1. The molecule has 0 heterocycles. The Bertz CT molecular complexity index is 759. The van der Waals surface area contributed by atoms with Gasteiger partial charge in [-0.15, -0.1) is 0 Å². The number of aromatic hydroxyl groups is 2. The van der Waals surface area contributed by atoms with Gasteiger partial charge >= 0.3 is 0 Å². The zero-order chi connectivity index (χ0) is 20.8. The molecule has 2 heteroatoms. The second kappa shape index (κ2) is 7.67. The summed E-state index contributed by atoms with van der Waals surface area (Å²) in [4.78, 5) is 0. The minimum absolute atomic E-state index is 0.133. The van der Waals surface area contributed by atoms with E-state index in [1.165, 1.54) is 75.3 Å². The summed E-state index contributed by atoms with van der Waals surface area (Å²) in [5, 5.41) is 22.2. The van der Waals surface area contributed by atoms with E-state index in [1.807, 2.05) is 12.1 Å². The van der Waals surface area contributed by atoms with E-state index in [2.05, 4.69) is 33.8 Å². The highest BCUT2D eigenvalue weighted by Crippen LogP contribution is 2.65. The largest absolute Gasteiger partial charge is 0.507 e. The molecule has 0 aliphatic heterocycles. The molecule has 0 spiro atoms. The number of allylic oxidation sites excluding steroid dienone is 2. The second-order valence-electron chi connectivity index (χ2n) is 10.9. The lowest BCUT2D eigenvalue weighted by Gasteiger charge is -2.59. The number of fused-ring (bicyclic) bond motifs is 1. The Kier molecular flexibility index (Phi) is 5.51. The van der Waals surface area contributed by atoms with Gasteiger partial charge in [-0.25, -0.2) is 0 Å². The summed E-state index contributed by atoms with van der Waals surface area (Å²) in [6.45, 7) is 9.18. The highest BCUT2D eigenvalue weighted by Gasteiger charge is 2.55. The van der Waals surface area contributed by atoms with Crippen LogP contribution in [0.2, 0.25) is 0 Å². The molecule has 0 amide bonds. The van der Waals surface area contributed by atoms with Crippen LogP contribution in [-0.4, -0.2) is 10.2 Å². The first-order valence-electron chi connectivity index (χ1n) is 12.0. The minimum Gasteiger partial charge on any atom is -0.507 e. The number of hydrogen-bond acceptors (Lipinski definition) is 2. The third-order valence-electron chi connectivity index (χ3n) is 8.92.